The summed E-state index contributed by atoms with van der Waals surface area (Å²) in [6.07, 6.45) is -0.458. The lowest BCUT2D eigenvalue weighted by Crippen LogP contribution is -2.22. The fourth-order valence-electron chi connectivity index (χ4n) is 2.07. The molecule has 1 saturated heterocycles. The van der Waals surface area contributed by atoms with E-state index in [1.165, 1.54) is 23.5 Å². The minimum absolute atomic E-state index is 0.205. The molecule has 6 nitrogen and oxygen atoms in total. The van der Waals surface area contributed by atoms with Crippen LogP contribution in [0.1, 0.15) is 26.5 Å². The Kier molecular flexibility index (Phi) is 4.38. The Morgan fingerprint density at radius 3 is 2.61 bits per heavy atom. The molecule has 1 aliphatic rings. The van der Waals surface area contributed by atoms with Crippen LogP contribution in [-0.4, -0.2) is 30.6 Å². The molecule has 1 atom stereocenters. The third-order valence-electron chi connectivity index (χ3n) is 3.26. The van der Waals surface area contributed by atoms with Gasteiger partial charge < -0.3 is 14.8 Å². The highest BCUT2D eigenvalue weighted by atomic mass is 32.1. The zero-order valence-corrected chi connectivity index (χ0v) is 12.8. The predicted molar refractivity (Wildman–Crippen MR) is 83.5 cm³/mol. The van der Waals surface area contributed by atoms with Crippen LogP contribution in [0.5, 0.6) is 0 Å². The molecule has 0 bridgehead atoms. The SMILES string of the molecule is O=C(O[C@@H]1CCOC1=O)c1ccc(NC(=O)c2cccs2)cc1. The molecule has 0 unspecified atom stereocenters. The summed E-state index contributed by atoms with van der Waals surface area (Å²) in [5, 5.41) is 4.56. The van der Waals surface area contributed by atoms with E-state index in [4.69, 9.17) is 9.47 Å². The Bertz CT molecular complexity index is 723. The molecular weight excluding hydrogens is 318 g/mol. The van der Waals surface area contributed by atoms with E-state index in [1.807, 2.05) is 5.38 Å². The number of ether oxygens (including phenoxy) is 2. The minimum atomic E-state index is -0.833. The molecule has 2 heterocycles. The average Bonchev–Trinajstić information content (AvgIpc) is 3.20. The van der Waals surface area contributed by atoms with Gasteiger partial charge in [-0.2, -0.15) is 0 Å². The maximum Gasteiger partial charge on any atom is 0.347 e. The number of anilines is 1. The summed E-state index contributed by atoms with van der Waals surface area (Å²) >= 11 is 1.35. The van der Waals surface area contributed by atoms with Crippen LogP contribution in [0, 0.1) is 0 Å². The molecule has 0 radical (unpaired) electrons. The number of hydrogen-bond acceptors (Lipinski definition) is 6. The molecule has 7 heteroatoms. The number of rotatable bonds is 4. The summed E-state index contributed by atoms with van der Waals surface area (Å²) in [6.45, 7) is 0.268. The fraction of sp³-hybridized carbons (Fsp3) is 0.188. The van der Waals surface area contributed by atoms with E-state index in [0.717, 1.165) is 0 Å². The fourth-order valence-corrected chi connectivity index (χ4v) is 2.69. The van der Waals surface area contributed by atoms with E-state index in [9.17, 15) is 14.4 Å². The summed E-state index contributed by atoms with van der Waals surface area (Å²) in [6, 6.07) is 9.81. The van der Waals surface area contributed by atoms with Gasteiger partial charge in [-0.05, 0) is 35.7 Å². The van der Waals surface area contributed by atoms with Gasteiger partial charge in [-0.1, -0.05) is 6.07 Å². The Balaban J connectivity index is 1.61. The van der Waals surface area contributed by atoms with Crippen LogP contribution in [0.4, 0.5) is 5.69 Å². The quantitative estimate of drug-likeness (QED) is 0.871. The molecule has 118 valence electrons. The maximum absolute atomic E-state index is 12.0. The molecule has 1 amide bonds. The second kappa shape index (κ2) is 6.62. The second-order valence-electron chi connectivity index (χ2n) is 4.86. The Labute approximate surface area is 136 Å². The number of nitrogens with one attached hydrogen (secondary N) is 1. The molecular formula is C16H13NO5S. The summed E-state index contributed by atoms with van der Waals surface area (Å²) in [4.78, 5) is 35.8. The second-order valence-corrected chi connectivity index (χ2v) is 5.81. The highest BCUT2D eigenvalue weighted by Gasteiger charge is 2.30. The van der Waals surface area contributed by atoms with Gasteiger partial charge >= 0.3 is 11.9 Å². The number of amides is 1. The number of carbonyl (C=O) groups excluding carboxylic acids is 3. The summed E-state index contributed by atoms with van der Waals surface area (Å²) in [5.41, 5.74) is 0.874. The number of hydrogen-bond donors (Lipinski definition) is 1. The van der Waals surface area contributed by atoms with Gasteiger partial charge in [-0.25, -0.2) is 9.59 Å². The van der Waals surface area contributed by atoms with Crippen LogP contribution in [0.2, 0.25) is 0 Å². The summed E-state index contributed by atoms with van der Waals surface area (Å²) in [5.74, 6) is -1.31. The van der Waals surface area contributed by atoms with Crippen LogP contribution in [0.3, 0.4) is 0 Å². The number of esters is 2. The van der Waals surface area contributed by atoms with Crippen molar-refractivity contribution in [3.63, 3.8) is 0 Å². The monoisotopic (exact) mass is 331 g/mol. The van der Waals surface area contributed by atoms with E-state index in [2.05, 4.69) is 5.32 Å². The topological polar surface area (TPSA) is 81.7 Å². The smallest absolute Gasteiger partial charge is 0.347 e. The molecule has 3 rings (SSSR count). The van der Waals surface area contributed by atoms with Crippen molar-refractivity contribution in [3.05, 3.63) is 52.2 Å². The van der Waals surface area contributed by atoms with Gasteiger partial charge in [0.2, 0.25) is 6.10 Å². The van der Waals surface area contributed by atoms with Gasteiger partial charge in [0.1, 0.15) is 0 Å². The van der Waals surface area contributed by atoms with Crippen molar-refractivity contribution < 1.29 is 23.9 Å². The standard InChI is InChI=1S/C16H13NO5S/c18-14(13-2-1-9-23-13)17-11-5-3-10(4-6-11)15(19)22-12-7-8-21-16(12)20/h1-6,9,12H,7-8H2,(H,17,18)/t12-/m1/s1. The van der Waals surface area contributed by atoms with Crippen molar-refractivity contribution >= 4 is 34.9 Å². The minimum Gasteiger partial charge on any atom is -0.463 e. The van der Waals surface area contributed by atoms with Crippen molar-refractivity contribution in [1.29, 1.82) is 0 Å². The largest absolute Gasteiger partial charge is 0.463 e. The van der Waals surface area contributed by atoms with Gasteiger partial charge in [-0.15, -0.1) is 11.3 Å². The van der Waals surface area contributed by atoms with Gasteiger partial charge in [0.25, 0.3) is 5.91 Å². The van der Waals surface area contributed by atoms with E-state index in [-0.39, 0.29) is 12.5 Å². The highest BCUT2D eigenvalue weighted by molar-refractivity contribution is 7.12. The van der Waals surface area contributed by atoms with Crippen LogP contribution in [-0.2, 0) is 14.3 Å². The first-order valence-electron chi connectivity index (χ1n) is 6.96. The molecule has 23 heavy (non-hydrogen) atoms. The van der Waals surface area contributed by atoms with Crippen LogP contribution in [0.15, 0.2) is 41.8 Å². The first-order chi connectivity index (χ1) is 11.1. The molecule has 0 spiro atoms. The lowest BCUT2D eigenvalue weighted by molar-refractivity contribution is -0.145. The Hall–Kier alpha value is -2.67. The molecule has 1 aliphatic heterocycles. The van der Waals surface area contributed by atoms with Crippen LogP contribution < -0.4 is 5.32 Å². The van der Waals surface area contributed by atoms with E-state index >= 15 is 0 Å². The Morgan fingerprint density at radius 2 is 2.00 bits per heavy atom. The predicted octanol–water partition coefficient (Wildman–Crippen LogP) is 2.47. The van der Waals surface area contributed by atoms with Crippen LogP contribution >= 0.6 is 11.3 Å². The zero-order chi connectivity index (χ0) is 16.2. The third kappa shape index (κ3) is 3.57. The van der Waals surface area contributed by atoms with E-state index in [0.29, 0.717) is 22.5 Å². The first-order valence-corrected chi connectivity index (χ1v) is 7.84. The van der Waals surface area contributed by atoms with Crippen molar-refractivity contribution in [3.8, 4) is 0 Å². The van der Waals surface area contributed by atoms with Crippen molar-refractivity contribution in [2.75, 3.05) is 11.9 Å². The molecule has 0 aliphatic carbocycles. The van der Waals surface area contributed by atoms with Crippen molar-refractivity contribution in [1.82, 2.24) is 0 Å². The Morgan fingerprint density at radius 1 is 1.22 bits per heavy atom. The first kappa shape index (κ1) is 15.2. The lowest BCUT2D eigenvalue weighted by Gasteiger charge is -2.09. The average molecular weight is 331 g/mol. The van der Waals surface area contributed by atoms with Gasteiger partial charge in [0.05, 0.1) is 17.0 Å². The normalized spacial score (nSPS) is 16.7. The third-order valence-corrected chi connectivity index (χ3v) is 4.13. The summed E-state index contributed by atoms with van der Waals surface area (Å²) in [7, 11) is 0. The van der Waals surface area contributed by atoms with Crippen molar-refractivity contribution in [2.24, 2.45) is 0 Å². The number of cyclic esters (lactones) is 1. The maximum atomic E-state index is 12.0. The van der Waals surface area contributed by atoms with Gasteiger partial charge in [0, 0.05) is 12.1 Å². The van der Waals surface area contributed by atoms with E-state index < -0.39 is 18.0 Å². The van der Waals surface area contributed by atoms with E-state index in [1.54, 1.807) is 24.3 Å². The molecule has 1 aromatic carbocycles. The van der Waals surface area contributed by atoms with Gasteiger partial charge in [0.15, 0.2) is 0 Å². The lowest BCUT2D eigenvalue weighted by atomic mass is 10.2. The molecule has 1 aromatic heterocycles. The molecule has 2 aromatic rings. The highest BCUT2D eigenvalue weighted by Crippen LogP contribution is 2.17. The summed E-state index contributed by atoms with van der Waals surface area (Å²) < 4.78 is 9.83. The zero-order valence-electron chi connectivity index (χ0n) is 12.0. The molecule has 1 fully saturated rings. The molecule has 1 N–H and O–H groups in total. The number of carbonyl (C=O) groups is 3. The molecule has 0 saturated carbocycles. The number of thiophene rings is 1. The number of benzene rings is 1. The van der Waals surface area contributed by atoms with Crippen LogP contribution in [0.25, 0.3) is 0 Å². The van der Waals surface area contributed by atoms with Gasteiger partial charge in [-0.3, -0.25) is 4.79 Å². The van der Waals surface area contributed by atoms with Crippen molar-refractivity contribution in [2.45, 2.75) is 12.5 Å².